The largest absolute Gasteiger partial charge is 0.351 e. The molecule has 0 saturated heterocycles. The second-order valence-electron chi connectivity index (χ2n) is 4.13. The lowest BCUT2D eigenvalue weighted by Crippen LogP contribution is -2.32. The Bertz CT molecular complexity index is 389. The average molecular weight is 262 g/mol. The number of nitrogens with one attached hydrogen (secondary N) is 1. The van der Waals surface area contributed by atoms with Crippen LogP contribution in [0.15, 0.2) is 18.2 Å². The van der Waals surface area contributed by atoms with E-state index in [1.54, 1.807) is 0 Å². The van der Waals surface area contributed by atoms with Gasteiger partial charge < -0.3 is 5.32 Å². The van der Waals surface area contributed by atoms with Crippen LogP contribution in [0.3, 0.4) is 0 Å². The van der Waals surface area contributed by atoms with Gasteiger partial charge in [0, 0.05) is 18.2 Å². The van der Waals surface area contributed by atoms with Gasteiger partial charge in [-0.15, -0.1) is 11.6 Å². The third-order valence-electron chi connectivity index (χ3n) is 2.31. The second-order valence-corrected chi connectivity index (χ2v) is 4.69. The molecule has 0 heterocycles. The van der Waals surface area contributed by atoms with E-state index in [2.05, 4.69) is 5.32 Å². The summed E-state index contributed by atoms with van der Waals surface area (Å²) in [5.41, 5.74) is -0.0462. The molecular formula is C12H14ClF2NO. The summed E-state index contributed by atoms with van der Waals surface area (Å²) in [6, 6.07) is 2.68. The minimum absolute atomic E-state index is 0.0462. The summed E-state index contributed by atoms with van der Waals surface area (Å²) in [4.78, 5) is 11.6. The van der Waals surface area contributed by atoms with E-state index in [9.17, 15) is 13.6 Å². The van der Waals surface area contributed by atoms with Crippen LogP contribution >= 0.6 is 11.6 Å². The van der Waals surface area contributed by atoms with E-state index in [1.165, 1.54) is 0 Å². The molecule has 0 radical (unpaired) electrons. The molecule has 1 rings (SSSR count). The summed E-state index contributed by atoms with van der Waals surface area (Å²) in [6.07, 6.45) is 0. The summed E-state index contributed by atoms with van der Waals surface area (Å²) < 4.78 is 25.7. The van der Waals surface area contributed by atoms with Crippen LogP contribution < -0.4 is 5.32 Å². The van der Waals surface area contributed by atoms with Gasteiger partial charge in [0.1, 0.15) is 11.6 Å². The Labute approximate surface area is 104 Å². The first kappa shape index (κ1) is 13.9. The quantitative estimate of drug-likeness (QED) is 0.830. The number of alkyl halides is 1. The third-order valence-corrected chi connectivity index (χ3v) is 2.96. The van der Waals surface area contributed by atoms with Crippen molar-refractivity contribution >= 4 is 17.5 Å². The van der Waals surface area contributed by atoms with E-state index in [0.717, 1.165) is 18.2 Å². The lowest BCUT2D eigenvalue weighted by atomic mass is 10.1. The number of hydrogen-bond donors (Lipinski definition) is 1. The maximum absolute atomic E-state index is 12.9. The fourth-order valence-corrected chi connectivity index (χ4v) is 1.29. The van der Waals surface area contributed by atoms with Gasteiger partial charge in [-0.05, 0) is 18.1 Å². The Hall–Kier alpha value is -1.16. The van der Waals surface area contributed by atoms with Gasteiger partial charge in [-0.3, -0.25) is 4.79 Å². The molecule has 0 bridgehead atoms. The number of carbonyl (C=O) groups is 1. The van der Waals surface area contributed by atoms with Gasteiger partial charge in [-0.2, -0.15) is 0 Å². The van der Waals surface area contributed by atoms with Crippen molar-refractivity contribution in [1.29, 1.82) is 0 Å². The SMILES string of the molecule is CC(C)C(Cl)CNC(=O)c1cc(F)cc(F)c1. The second kappa shape index (κ2) is 5.96. The van der Waals surface area contributed by atoms with Crippen LogP contribution in [0.25, 0.3) is 0 Å². The molecular weight excluding hydrogens is 248 g/mol. The van der Waals surface area contributed by atoms with Crippen molar-refractivity contribution in [2.75, 3.05) is 6.54 Å². The molecule has 1 amide bonds. The zero-order valence-corrected chi connectivity index (χ0v) is 10.4. The molecule has 5 heteroatoms. The first-order valence-electron chi connectivity index (χ1n) is 5.28. The predicted molar refractivity (Wildman–Crippen MR) is 63.2 cm³/mol. The van der Waals surface area contributed by atoms with Crippen molar-refractivity contribution in [2.24, 2.45) is 5.92 Å². The molecule has 0 spiro atoms. The molecule has 94 valence electrons. The maximum atomic E-state index is 12.9. The zero-order valence-electron chi connectivity index (χ0n) is 9.64. The normalized spacial score (nSPS) is 12.6. The third kappa shape index (κ3) is 4.30. The molecule has 1 aromatic carbocycles. The van der Waals surface area contributed by atoms with E-state index in [4.69, 9.17) is 11.6 Å². The van der Waals surface area contributed by atoms with Gasteiger partial charge in [0.15, 0.2) is 0 Å². The number of halogens is 3. The minimum atomic E-state index is -0.776. The number of carbonyl (C=O) groups excluding carboxylic acids is 1. The summed E-state index contributed by atoms with van der Waals surface area (Å²) in [7, 11) is 0. The summed E-state index contributed by atoms with van der Waals surface area (Å²) in [6.45, 7) is 4.10. The predicted octanol–water partition coefficient (Wildman–Crippen LogP) is 2.96. The molecule has 0 saturated carbocycles. The van der Waals surface area contributed by atoms with E-state index in [0.29, 0.717) is 0 Å². The fraction of sp³-hybridized carbons (Fsp3) is 0.417. The lowest BCUT2D eigenvalue weighted by Gasteiger charge is -2.14. The molecule has 1 atom stereocenters. The number of hydrogen-bond acceptors (Lipinski definition) is 1. The number of rotatable bonds is 4. The molecule has 1 unspecified atom stereocenters. The van der Waals surface area contributed by atoms with Crippen molar-refractivity contribution in [3.05, 3.63) is 35.4 Å². The highest BCUT2D eigenvalue weighted by Gasteiger charge is 2.13. The van der Waals surface area contributed by atoms with Gasteiger partial charge in [-0.1, -0.05) is 13.8 Å². The van der Waals surface area contributed by atoms with Crippen LogP contribution in [0.1, 0.15) is 24.2 Å². The van der Waals surface area contributed by atoms with E-state index in [1.807, 2.05) is 13.8 Å². The Morgan fingerprint density at radius 1 is 1.29 bits per heavy atom. The molecule has 0 aliphatic rings. The summed E-state index contributed by atoms with van der Waals surface area (Å²) in [5.74, 6) is -1.88. The van der Waals surface area contributed by atoms with Crippen LogP contribution in [-0.2, 0) is 0 Å². The molecule has 0 aromatic heterocycles. The molecule has 1 N–H and O–H groups in total. The van der Waals surface area contributed by atoms with Gasteiger partial charge in [-0.25, -0.2) is 8.78 Å². The van der Waals surface area contributed by atoms with Crippen LogP contribution in [-0.4, -0.2) is 17.8 Å². The van der Waals surface area contributed by atoms with Gasteiger partial charge in [0.25, 0.3) is 5.91 Å². The van der Waals surface area contributed by atoms with Crippen LogP contribution in [0.2, 0.25) is 0 Å². The highest BCUT2D eigenvalue weighted by atomic mass is 35.5. The smallest absolute Gasteiger partial charge is 0.251 e. The molecule has 17 heavy (non-hydrogen) atoms. The summed E-state index contributed by atoms with van der Waals surface area (Å²) >= 11 is 5.95. The average Bonchev–Trinajstić information content (AvgIpc) is 2.23. The first-order valence-corrected chi connectivity index (χ1v) is 5.72. The maximum Gasteiger partial charge on any atom is 0.251 e. The van der Waals surface area contributed by atoms with E-state index < -0.39 is 17.5 Å². The van der Waals surface area contributed by atoms with Crippen LogP contribution in [0.5, 0.6) is 0 Å². The van der Waals surface area contributed by atoms with Gasteiger partial charge in [0.05, 0.1) is 5.38 Å². The Balaban J connectivity index is 2.64. The zero-order chi connectivity index (χ0) is 13.0. The van der Waals surface area contributed by atoms with Gasteiger partial charge >= 0.3 is 0 Å². The monoisotopic (exact) mass is 261 g/mol. The Kier molecular flexibility index (Phi) is 4.87. The van der Waals surface area contributed by atoms with E-state index in [-0.39, 0.29) is 23.4 Å². The van der Waals surface area contributed by atoms with Crippen molar-refractivity contribution in [3.63, 3.8) is 0 Å². The number of amides is 1. The molecule has 1 aromatic rings. The van der Waals surface area contributed by atoms with Crippen molar-refractivity contribution < 1.29 is 13.6 Å². The van der Waals surface area contributed by atoms with E-state index >= 15 is 0 Å². The highest BCUT2D eigenvalue weighted by molar-refractivity contribution is 6.21. The van der Waals surface area contributed by atoms with Crippen molar-refractivity contribution in [1.82, 2.24) is 5.32 Å². The minimum Gasteiger partial charge on any atom is -0.351 e. The Morgan fingerprint density at radius 3 is 2.29 bits per heavy atom. The van der Waals surface area contributed by atoms with Crippen LogP contribution in [0.4, 0.5) is 8.78 Å². The lowest BCUT2D eigenvalue weighted by molar-refractivity contribution is 0.0951. The van der Waals surface area contributed by atoms with Crippen LogP contribution in [0, 0.1) is 17.6 Å². The molecule has 2 nitrogen and oxygen atoms in total. The van der Waals surface area contributed by atoms with Crippen molar-refractivity contribution in [2.45, 2.75) is 19.2 Å². The molecule has 0 aliphatic carbocycles. The molecule has 0 aliphatic heterocycles. The number of benzene rings is 1. The molecule has 0 fully saturated rings. The summed E-state index contributed by atoms with van der Waals surface area (Å²) in [5, 5.41) is 2.32. The van der Waals surface area contributed by atoms with Gasteiger partial charge in [0.2, 0.25) is 0 Å². The first-order chi connectivity index (χ1) is 7.90. The Morgan fingerprint density at radius 2 is 1.82 bits per heavy atom. The fourth-order valence-electron chi connectivity index (χ4n) is 1.21. The van der Waals surface area contributed by atoms with Crippen molar-refractivity contribution in [3.8, 4) is 0 Å². The highest BCUT2D eigenvalue weighted by Crippen LogP contribution is 2.10. The topological polar surface area (TPSA) is 29.1 Å². The standard InChI is InChI=1S/C12H14ClF2NO/c1-7(2)11(13)6-16-12(17)8-3-9(14)5-10(15)4-8/h3-5,7,11H,6H2,1-2H3,(H,16,17).